The largest absolute Gasteiger partial charge is 0.476 e. The molecule has 170 valence electrons. The summed E-state index contributed by atoms with van der Waals surface area (Å²) < 4.78 is 1.78. The van der Waals surface area contributed by atoms with Crippen LogP contribution in [-0.2, 0) is 0 Å². The van der Waals surface area contributed by atoms with E-state index in [2.05, 4.69) is 9.88 Å². The number of piperidine rings is 2. The quantitative estimate of drug-likeness (QED) is 0.761. The molecule has 6 heteroatoms. The van der Waals surface area contributed by atoms with Crippen LogP contribution in [0.2, 0.25) is 0 Å². The molecule has 2 saturated heterocycles. The molecule has 2 saturated carbocycles. The molecule has 6 rings (SSSR count). The van der Waals surface area contributed by atoms with Crippen LogP contribution in [0.1, 0.15) is 87.2 Å². The number of aromatic carboxylic acids is 1. The van der Waals surface area contributed by atoms with Crippen molar-refractivity contribution in [2.45, 2.75) is 94.8 Å². The van der Waals surface area contributed by atoms with Crippen molar-refractivity contribution >= 4 is 17.0 Å². The van der Waals surface area contributed by atoms with Gasteiger partial charge in [0.05, 0.1) is 11.0 Å². The molecule has 1 aromatic heterocycles. The summed E-state index contributed by atoms with van der Waals surface area (Å²) in [6, 6.07) is 9.25. The zero-order chi connectivity index (χ0) is 21.8. The van der Waals surface area contributed by atoms with E-state index in [1.807, 2.05) is 24.3 Å². The normalized spacial score (nSPS) is 35.0. The average molecular weight is 436 g/mol. The highest BCUT2D eigenvalue weighted by Crippen LogP contribution is 2.47. The van der Waals surface area contributed by atoms with Gasteiger partial charge in [-0.15, -0.1) is 0 Å². The molecule has 32 heavy (non-hydrogen) atoms. The lowest BCUT2D eigenvalue weighted by molar-refractivity contribution is -0.0486. The number of carbonyl (C=O) groups is 1. The number of hydrogen-bond donors (Lipinski definition) is 1. The van der Waals surface area contributed by atoms with Gasteiger partial charge in [-0.05, 0) is 68.9 Å². The fraction of sp³-hybridized carbons (Fsp3) is 0.654. The number of carboxylic acids is 1. The monoisotopic (exact) mass is 435 g/mol. The van der Waals surface area contributed by atoms with Crippen LogP contribution in [0.3, 0.4) is 0 Å². The number of hydrogen-bond acceptors (Lipinski definition) is 4. The predicted octanol–water partition coefficient (Wildman–Crippen LogP) is 4.62. The third kappa shape index (κ3) is 3.38. The molecule has 0 amide bonds. The summed E-state index contributed by atoms with van der Waals surface area (Å²) in [5.74, 6) is 0.590. The van der Waals surface area contributed by atoms with E-state index in [-0.39, 0.29) is 11.7 Å². The van der Waals surface area contributed by atoms with Gasteiger partial charge < -0.3 is 9.67 Å². The number of rotatable bonds is 3. The Bertz CT molecular complexity index is 1070. The Morgan fingerprint density at radius 1 is 0.844 bits per heavy atom. The Morgan fingerprint density at radius 3 is 2.19 bits per heavy atom. The van der Waals surface area contributed by atoms with Crippen LogP contribution in [0.5, 0.6) is 0 Å². The van der Waals surface area contributed by atoms with Gasteiger partial charge in [0, 0.05) is 24.2 Å². The van der Waals surface area contributed by atoms with Gasteiger partial charge in [0.25, 0.3) is 5.56 Å². The molecule has 2 aliphatic carbocycles. The van der Waals surface area contributed by atoms with Gasteiger partial charge in [-0.1, -0.05) is 37.8 Å². The minimum Gasteiger partial charge on any atom is -0.476 e. The second kappa shape index (κ2) is 7.98. The Labute approximate surface area is 188 Å². The molecule has 0 radical (unpaired) electrons. The number of nitrogens with zero attached hydrogens (tertiary/aromatic N) is 3. The van der Waals surface area contributed by atoms with Crippen LogP contribution in [0.25, 0.3) is 11.0 Å². The first-order valence-corrected chi connectivity index (χ1v) is 12.6. The third-order valence-corrected chi connectivity index (χ3v) is 8.89. The maximum atomic E-state index is 13.3. The molecule has 3 heterocycles. The van der Waals surface area contributed by atoms with E-state index in [1.54, 1.807) is 4.57 Å². The SMILES string of the molecule is O=C(O)c1nc2ccccc2n([C@H]2C[C@H]3CCC[C@@H](C2)N3[C@@H]2C[C@@H]3CCC[C@@H](C3)C2)c1=O. The summed E-state index contributed by atoms with van der Waals surface area (Å²) in [5.41, 5.74) is 0.569. The zero-order valence-corrected chi connectivity index (χ0v) is 18.7. The highest BCUT2D eigenvalue weighted by molar-refractivity contribution is 5.88. The third-order valence-electron chi connectivity index (χ3n) is 8.89. The highest BCUT2D eigenvalue weighted by atomic mass is 16.4. The molecule has 1 aromatic carbocycles. The van der Waals surface area contributed by atoms with Crippen molar-refractivity contribution in [3.8, 4) is 0 Å². The van der Waals surface area contributed by atoms with Crippen molar-refractivity contribution < 1.29 is 9.90 Å². The molecule has 1 N–H and O–H groups in total. The van der Waals surface area contributed by atoms with Crippen molar-refractivity contribution in [1.29, 1.82) is 0 Å². The smallest absolute Gasteiger partial charge is 0.360 e. The van der Waals surface area contributed by atoms with E-state index < -0.39 is 11.5 Å². The summed E-state index contributed by atoms with van der Waals surface area (Å²) in [4.78, 5) is 32.1. The summed E-state index contributed by atoms with van der Waals surface area (Å²) >= 11 is 0. The van der Waals surface area contributed by atoms with Crippen molar-refractivity contribution in [1.82, 2.24) is 14.5 Å². The maximum Gasteiger partial charge on any atom is 0.360 e. The number of para-hydroxylation sites is 2. The Balaban J connectivity index is 1.35. The molecule has 6 atom stereocenters. The molecule has 4 fully saturated rings. The van der Waals surface area contributed by atoms with Crippen molar-refractivity contribution in [2.24, 2.45) is 11.8 Å². The molecule has 2 aliphatic heterocycles. The Hall–Kier alpha value is -2.21. The van der Waals surface area contributed by atoms with E-state index in [0.29, 0.717) is 23.6 Å². The number of fused-ring (bicyclic) bond motifs is 5. The second-order valence-corrected chi connectivity index (χ2v) is 10.8. The number of aromatic nitrogens is 2. The van der Waals surface area contributed by atoms with Crippen molar-refractivity contribution in [3.63, 3.8) is 0 Å². The minimum atomic E-state index is -1.24. The molecule has 4 bridgehead atoms. The molecular formula is C26H33N3O3. The van der Waals surface area contributed by atoms with E-state index in [4.69, 9.17) is 0 Å². The van der Waals surface area contributed by atoms with Crippen LogP contribution in [-0.4, -0.2) is 43.7 Å². The molecular weight excluding hydrogens is 402 g/mol. The van der Waals surface area contributed by atoms with Crippen LogP contribution in [0, 0.1) is 11.8 Å². The Kier molecular flexibility index (Phi) is 5.09. The molecule has 2 aromatic rings. The fourth-order valence-electron chi connectivity index (χ4n) is 7.79. The number of carboxylic acid groups (broad SMARTS) is 1. The van der Waals surface area contributed by atoms with Gasteiger partial charge in [0.15, 0.2) is 0 Å². The Morgan fingerprint density at radius 2 is 1.50 bits per heavy atom. The van der Waals surface area contributed by atoms with E-state index in [1.165, 1.54) is 57.8 Å². The molecule has 4 aliphatic rings. The summed E-state index contributed by atoms with van der Waals surface area (Å²) in [5, 5.41) is 9.62. The van der Waals surface area contributed by atoms with Gasteiger partial charge in [-0.2, -0.15) is 0 Å². The summed E-state index contributed by atoms with van der Waals surface area (Å²) in [7, 11) is 0. The van der Waals surface area contributed by atoms with Gasteiger partial charge in [-0.25, -0.2) is 9.78 Å². The lowest BCUT2D eigenvalue weighted by atomic mass is 9.68. The van der Waals surface area contributed by atoms with Crippen molar-refractivity contribution in [2.75, 3.05) is 0 Å². The van der Waals surface area contributed by atoms with Crippen LogP contribution >= 0.6 is 0 Å². The maximum absolute atomic E-state index is 13.3. The fourth-order valence-corrected chi connectivity index (χ4v) is 7.79. The van der Waals surface area contributed by atoms with Crippen LogP contribution in [0.4, 0.5) is 0 Å². The molecule has 0 unspecified atom stereocenters. The lowest BCUT2D eigenvalue weighted by Gasteiger charge is -2.55. The lowest BCUT2D eigenvalue weighted by Crippen LogP contribution is -2.58. The zero-order valence-electron chi connectivity index (χ0n) is 18.7. The summed E-state index contributed by atoms with van der Waals surface area (Å²) in [6.45, 7) is 0. The molecule has 0 spiro atoms. The van der Waals surface area contributed by atoms with E-state index in [0.717, 1.165) is 30.2 Å². The van der Waals surface area contributed by atoms with Crippen LogP contribution < -0.4 is 5.56 Å². The predicted molar refractivity (Wildman–Crippen MR) is 123 cm³/mol. The molecule has 6 nitrogen and oxygen atoms in total. The topological polar surface area (TPSA) is 75.4 Å². The first-order valence-electron chi connectivity index (χ1n) is 12.6. The standard InChI is InChI=1S/C26H33N3O3/c30-25-24(26(31)32)27-22-9-1-2-10-23(22)29(25)21-14-18-7-4-8-19(15-21)28(18)20-12-16-5-3-6-17(11-16)13-20/h1-2,9-10,16-21H,3-8,11-15H2,(H,31,32)/t16-,17+,18-,19+,20-,21+. The first kappa shape index (κ1) is 20.4. The van der Waals surface area contributed by atoms with Gasteiger partial charge in [0.2, 0.25) is 5.69 Å². The number of benzene rings is 1. The first-order chi connectivity index (χ1) is 15.6. The van der Waals surface area contributed by atoms with Gasteiger partial charge in [0.1, 0.15) is 0 Å². The minimum absolute atomic E-state index is 0.0446. The summed E-state index contributed by atoms with van der Waals surface area (Å²) in [6.07, 6.45) is 13.9. The van der Waals surface area contributed by atoms with Crippen LogP contribution in [0.15, 0.2) is 29.1 Å². The van der Waals surface area contributed by atoms with Gasteiger partial charge >= 0.3 is 5.97 Å². The second-order valence-electron chi connectivity index (χ2n) is 10.8. The van der Waals surface area contributed by atoms with Gasteiger partial charge in [-0.3, -0.25) is 9.69 Å². The highest BCUT2D eigenvalue weighted by Gasteiger charge is 2.45. The van der Waals surface area contributed by atoms with E-state index in [9.17, 15) is 14.7 Å². The van der Waals surface area contributed by atoms with E-state index >= 15 is 0 Å². The average Bonchev–Trinajstić information content (AvgIpc) is 2.77. The van der Waals surface area contributed by atoms with Crippen molar-refractivity contribution in [3.05, 3.63) is 40.3 Å².